The van der Waals surface area contributed by atoms with Crippen LogP contribution in [0.25, 0.3) is 0 Å². The number of allylic oxidation sites excluding steroid dienone is 1. The highest BCUT2D eigenvalue weighted by atomic mass is 16.5. The van der Waals surface area contributed by atoms with Crippen molar-refractivity contribution < 1.29 is 23.5 Å². The predicted molar refractivity (Wildman–Crippen MR) is 132 cm³/mol. The lowest BCUT2D eigenvalue weighted by Crippen LogP contribution is -2.60. The number of hydrogen-bond donors (Lipinski definition) is 0. The van der Waals surface area contributed by atoms with Gasteiger partial charge in [0.05, 0.1) is 20.1 Å². The van der Waals surface area contributed by atoms with Crippen molar-refractivity contribution in [1.29, 1.82) is 0 Å². The van der Waals surface area contributed by atoms with Crippen LogP contribution in [0.4, 0.5) is 0 Å². The van der Waals surface area contributed by atoms with Gasteiger partial charge >= 0.3 is 11.9 Å². The summed E-state index contributed by atoms with van der Waals surface area (Å²) in [6, 6.07) is 0.427. The summed E-state index contributed by atoms with van der Waals surface area (Å²) in [7, 11) is 2.44. The summed E-state index contributed by atoms with van der Waals surface area (Å²) in [4.78, 5) is 23.9. The van der Waals surface area contributed by atoms with E-state index in [-0.39, 0.29) is 35.0 Å². The number of piperidine rings is 1. The van der Waals surface area contributed by atoms with E-state index < -0.39 is 0 Å². The minimum atomic E-state index is -0.154. The van der Waals surface area contributed by atoms with Gasteiger partial charge in [0.15, 0.2) is 6.10 Å². The molecule has 0 spiro atoms. The summed E-state index contributed by atoms with van der Waals surface area (Å²) in [5, 5.41) is 0. The van der Waals surface area contributed by atoms with Crippen LogP contribution in [-0.2, 0) is 19.1 Å². The van der Waals surface area contributed by atoms with Crippen LogP contribution in [0.15, 0.2) is 11.6 Å². The van der Waals surface area contributed by atoms with Gasteiger partial charge in [0, 0.05) is 32.1 Å². The van der Waals surface area contributed by atoms with Gasteiger partial charge in [0.1, 0.15) is 12.1 Å². The first-order valence-corrected chi connectivity index (χ1v) is 13.9. The van der Waals surface area contributed by atoms with Crippen molar-refractivity contribution in [1.82, 2.24) is 0 Å². The van der Waals surface area contributed by atoms with E-state index in [1.807, 2.05) is 0 Å². The molecule has 4 aliphatic carbocycles. The maximum Gasteiger partial charge on any atom is 0.303 e. The second kappa shape index (κ2) is 8.64. The largest absolute Gasteiger partial charge is 0.462 e. The molecule has 1 aliphatic heterocycles. The summed E-state index contributed by atoms with van der Waals surface area (Å²) in [6.45, 7) is 10.5. The number of carbonyl (C=O) groups is 2. The van der Waals surface area contributed by atoms with E-state index in [1.165, 1.54) is 57.7 Å². The Balaban J connectivity index is 1.44. The van der Waals surface area contributed by atoms with Gasteiger partial charge in [-0.1, -0.05) is 25.5 Å². The zero-order valence-corrected chi connectivity index (χ0v) is 22.1. The molecule has 0 amide bonds. The maximum absolute atomic E-state index is 12.3. The molecule has 190 valence electrons. The Morgan fingerprint density at radius 3 is 2.35 bits per heavy atom. The molecule has 4 fully saturated rings. The maximum atomic E-state index is 12.3. The van der Waals surface area contributed by atoms with E-state index in [0.717, 1.165) is 36.6 Å². The van der Waals surface area contributed by atoms with Gasteiger partial charge in [0.25, 0.3) is 0 Å². The summed E-state index contributed by atoms with van der Waals surface area (Å²) in [5.74, 6) is 1.70. The predicted octanol–water partition coefficient (Wildman–Crippen LogP) is 5.42. The minimum Gasteiger partial charge on any atom is -0.462 e. The second-order valence-electron chi connectivity index (χ2n) is 13.1. The second-order valence-corrected chi connectivity index (χ2v) is 13.1. The van der Waals surface area contributed by atoms with Crippen molar-refractivity contribution in [3.8, 4) is 0 Å². The van der Waals surface area contributed by atoms with Gasteiger partial charge in [0.2, 0.25) is 0 Å². The summed E-state index contributed by atoms with van der Waals surface area (Å²) in [6.07, 6.45) is 14.2. The van der Waals surface area contributed by atoms with Crippen molar-refractivity contribution in [2.75, 3.05) is 20.1 Å². The Morgan fingerprint density at radius 1 is 0.971 bits per heavy atom. The van der Waals surface area contributed by atoms with E-state index in [4.69, 9.17) is 9.47 Å². The van der Waals surface area contributed by atoms with Crippen molar-refractivity contribution in [3.63, 3.8) is 0 Å². The van der Waals surface area contributed by atoms with Crippen LogP contribution in [0, 0.1) is 28.6 Å². The van der Waals surface area contributed by atoms with Gasteiger partial charge in [-0.3, -0.25) is 9.59 Å². The Hall–Kier alpha value is -1.36. The number of likely N-dealkylation sites (tertiary alicyclic amines) is 1. The molecule has 0 N–H and O–H groups in total. The number of quaternary nitrogens is 1. The first-order valence-electron chi connectivity index (χ1n) is 13.9. The molecule has 1 heterocycles. The molecule has 5 aliphatic rings. The van der Waals surface area contributed by atoms with Gasteiger partial charge in [-0.05, 0) is 74.5 Å². The van der Waals surface area contributed by atoms with Crippen LogP contribution in [0.1, 0.15) is 91.9 Å². The van der Waals surface area contributed by atoms with Gasteiger partial charge in [-0.25, -0.2) is 0 Å². The van der Waals surface area contributed by atoms with E-state index in [1.54, 1.807) is 6.92 Å². The highest BCUT2D eigenvalue weighted by Gasteiger charge is 2.65. The molecule has 8 atom stereocenters. The zero-order chi connectivity index (χ0) is 24.3. The van der Waals surface area contributed by atoms with Gasteiger partial charge in [-0.2, -0.15) is 0 Å². The summed E-state index contributed by atoms with van der Waals surface area (Å²) < 4.78 is 13.0. The number of ether oxygens (including phenoxy) is 2. The van der Waals surface area contributed by atoms with Crippen molar-refractivity contribution in [2.24, 2.45) is 28.6 Å². The fourth-order valence-corrected chi connectivity index (χ4v) is 9.47. The molecule has 34 heavy (non-hydrogen) atoms. The normalized spacial score (nSPS) is 45.3. The van der Waals surface area contributed by atoms with E-state index >= 15 is 0 Å². The highest BCUT2D eigenvalue weighted by molar-refractivity contribution is 5.66. The Kier molecular flexibility index (Phi) is 6.18. The van der Waals surface area contributed by atoms with Crippen LogP contribution in [-0.4, -0.2) is 54.8 Å². The van der Waals surface area contributed by atoms with Crippen LogP contribution >= 0.6 is 0 Å². The number of fused-ring (bicyclic) bond motifs is 5. The number of esters is 2. The number of nitrogens with zero attached hydrogens (tertiary/aromatic N) is 1. The molecule has 0 unspecified atom stereocenters. The molecule has 5 nitrogen and oxygen atoms in total. The molecule has 0 bridgehead atoms. The Morgan fingerprint density at radius 2 is 1.68 bits per heavy atom. The van der Waals surface area contributed by atoms with Crippen LogP contribution < -0.4 is 0 Å². The highest BCUT2D eigenvalue weighted by Crippen LogP contribution is 2.66. The fourth-order valence-electron chi connectivity index (χ4n) is 9.47. The topological polar surface area (TPSA) is 52.6 Å². The third-order valence-electron chi connectivity index (χ3n) is 11.3. The monoisotopic (exact) mass is 472 g/mol. The van der Waals surface area contributed by atoms with Crippen molar-refractivity contribution in [3.05, 3.63) is 11.6 Å². The molecule has 1 saturated heterocycles. The smallest absolute Gasteiger partial charge is 0.303 e. The van der Waals surface area contributed by atoms with Crippen LogP contribution in [0.5, 0.6) is 0 Å². The molecular weight excluding hydrogens is 426 g/mol. The SMILES string of the molecule is CC(=O)O[C@H]1CC[C@@]2(C)C(=CC[C@H]3[C@@H]4C[C@H]([N+]5(C)CCCCC5)[C@H](OC(C)=O)[C@@]4(C)CC[C@@H]32)C1. The van der Waals surface area contributed by atoms with Gasteiger partial charge < -0.3 is 14.0 Å². The zero-order valence-electron chi connectivity index (χ0n) is 22.1. The third-order valence-corrected chi connectivity index (χ3v) is 11.3. The molecule has 0 aromatic heterocycles. The molecule has 3 saturated carbocycles. The first kappa shape index (κ1) is 24.3. The van der Waals surface area contributed by atoms with Crippen LogP contribution in [0.3, 0.4) is 0 Å². The quantitative estimate of drug-likeness (QED) is 0.313. The minimum absolute atomic E-state index is 0.0388. The Bertz CT molecular complexity index is 860. The van der Waals surface area contributed by atoms with E-state index in [2.05, 4.69) is 27.0 Å². The van der Waals surface area contributed by atoms with E-state index in [0.29, 0.717) is 23.8 Å². The number of carbonyl (C=O) groups excluding carboxylic acids is 2. The summed E-state index contributed by atoms with van der Waals surface area (Å²) in [5.41, 5.74) is 1.84. The number of rotatable bonds is 3. The standard InChI is InChI=1S/C29H46NO4/c1-19(31)33-22-11-13-28(3)21(17-22)9-10-23-24(28)12-14-29(4)25(23)18-26(27(29)34-20(2)32)30(5)15-7-6-8-16-30/h9,22-27H,6-8,10-18H2,1-5H3/q+1/t22-,23+,24-,25-,26-,27-,28-,29-/m0/s1. The third kappa shape index (κ3) is 3.85. The van der Waals surface area contributed by atoms with E-state index in [9.17, 15) is 9.59 Å². The van der Waals surface area contributed by atoms with Crippen molar-refractivity contribution in [2.45, 2.75) is 110 Å². The molecule has 0 aromatic carbocycles. The molecule has 0 radical (unpaired) electrons. The summed E-state index contributed by atoms with van der Waals surface area (Å²) >= 11 is 0. The van der Waals surface area contributed by atoms with Gasteiger partial charge in [-0.15, -0.1) is 0 Å². The fraction of sp³-hybridized carbons (Fsp3) is 0.862. The molecule has 5 heteroatoms. The molecule has 5 rings (SSSR count). The average molecular weight is 473 g/mol. The Labute approximate surface area is 206 Å². The molecular formula is C29H46NO4+. The number of likely N-dealkylation sites (N-methyl/N-ethyl adjacent to an activating group) is 1. The molecule has 0 aromatic rings. The lowest BCUT2D eigenvalue weighted by Gasteiger charge is -2.57. The number of hydrogen-bond acceptors (Lipinski definition) is 4. The lowest BCUT2D eigenvalue weighted by atomic mass is 9.48. The average Bonchev–Trinajstić information content (AvgIpc) is 3.07. The van der Waals surface area contributed by atoms with Crippen LogP contribution in [0.2, 0.25) is 0 Å². The lowest BCUT2D eigenvalue weighted by molar-refractivity contribution is -0.940. The first-order chi connectivity index (χ1) is 16.1. The van der Waals surface area contributed by atoms with Crippen molar-refractivity contribution >= 4 is 11.9 Å².